The standard InChI is InChI=1S/C27H23N5O2/c1-19(27(33)29-24-10-6-7-11-26(24)34-2)32-18-25(30-31-32)22-14-12-21(13-15-22)23(17-28)16-20-8-4-3-5-9-20/h3-16,18-19H,1-2H3,(H,29,33)/b23-16+. The van der Waals surface area contributed by atoms with E-state index in [9.17, 15) is 10.1 Å². The molecule has 0 aliphatic heterocycles. The van der Waals surface area contributed by atoms with Crippen LogP contribution in [0, 0.1) is 11.3 Å². The Kier molecular flexibility index (Phi) is 6.80. The minimum Gasteiger partial charge on any atom is -0.495 e. The number of ether oxygens (including phenoxy) is 1. The topological polar surface area (TPSA) is 92.8 Å². The van der Waals surface area contributed by atoms with E-state index in [2.05, 4.69) is 21.7 Å². The summed E-state index contributed by atoms with van der Waals surface area (Å²) in [6.07, 6.45) is 3.58. The van der Waals surface area contributed by atoms with E-state index in [0.29, 0.717) is 22.7 Å². The number of rotatable bonds is 7. The summed E-state index contributed by atoms with van der Waals surface area (Å²) < 4.78 is 6.81. The van der Waals surface area contributed by atoms with Gasteiger partial charge in [0, 0.05) is 5.56 Å². The molecule has 0 bridgehead atoms. The Bertz CT molecular complexity index is 1350. The average Bonchev–Trinajstić information content (AvgIpc) is 3.38. The van der Waals surface area contributed by atoms with E-state index in [1.807, 2.05) is 72.8 Å². The van der Waals surface area contributed by atoms with Crippen LogP contribution in [0.1, 0.15) is 24.1 Å². The Labute approximate surface area is 197 Å². The number of methoxy groups -OCH3 is 1. The number of carbonyl (C=O) groups is 1. The molecule has 1 unspecified atom stereocenters. The summed E-state index contributed by atoms with van der Waals surface area (Å²) in [5.74, 6) is 0.349. The average molecular weight is 450 g/mol. The molecule has 1 N–H and O–H groups in total. The van der Waals surface area contributed by atoms with Crippen LogP contribution in [0.3, 0.4) is 0 Å². The van der Waals surface area contributed by atoms with Gasteiger partial charge in [-0.25, -0.2) is 4.68 Å². The van der Waals surface area contributed by atoms with E-state index in [-0.39, 0.29) is 5.91 Å². The van der Waals surface area contributed by atoms with Crippen LogP contribution in [0.2, 0.25) is 0 Å². The molecule has 0 aliphatic carbocycles. The Hall–Kier alpha value is -4.70. The zero-order valence-corrected chi connectivity index (χ0v) is 18.8. The lowest BCUT2D eigenvalue weighted by Crippen LogP contribution is -2.24. The van der Waals surface area contributed by atoms with Crippen molar-refractivity contribution in [1.82, 2.24) is 15.0 Å². The Morgan fingerprint density at radius 3 is 2.47 bits per heavy atom. The van der Waals surface area contributed by atoms with E-state index < -0.39 is 6.04 Å². The molecule has 7 nitrogen and oxygen atoms in total. The summed E-state index contributed by atoms with van der Waals surface area (Å²) in [5.41, 5.74) is 4.41. The van der Waals surface area contributed by atoms with Crippen molar-refractivity contribution >= 4 is 23.2 Å². The third-order valence-corrected chi connectivity index (χ3v) is 5.37. The maximum absolute atomic E-state index is 12.7. The van der Waals surface area contributed by atoms with Crippen LogP contribution < -0.4 is 10.1 Å². The minimum absolute atomic E-state index is 0.235. The zero-order chi connectivity index (χ0) is 23.9. The number of hydrogen-bond acceptors (Lipinski definition) is 5. The second kappa shape index (κ2) is 10.3. The fraction of sp³-hybridized carbons (Fsp3) is 0.111. The van der Waals surface area contributed by atoms with E-state index in [1.54, 1.807) is 32.4 Å². The smallest absolute Gasteiger partial charge is 0.249 e. The number of nitriles is 1. The molecule has 0 fully saturated rings. The van der Waals surface area contributed by atoms with Gasteiger partial charge in [-0.05, 0) is 36.3 Å². The number of amides is 1. The monoisotopic (exact) mass is 449 g/mol. The molecule has 1 heterocycles. The van der Waals surface area contributed by atoms with Gasteiger partial charge < -0.3 is 10.1 Å². The summed E-state index contributed by atoms with van der Waals surface area (Å²) in [6.45, 7) is 1.75. The molecule has 4 aromatic rings. The molecule has 3 aromatic carbocycles. The molecular weight excluding hydrogens is 426 g/mol. The third-order valence-electron chi connectivity index (χ3n) is 5.37. The fourth-order valence-corrected chi connectivity index (χ4v) is 3.42. The maximum Gasteiger partial charge on any atom is 0.249 e. The molecule has 34 heavy (non-hydrogen) atoms. The highest BCUT2D eigenvalue weighted by molar-refractivity contribution is 5.94. The first-order valence-electron chi connectivity index (χ1n) is 10.7. The second-order valence-electron chi connectivity index (χ2n) is 7.61. The van der Waals surface area contributed by atoms with Gasteiger partial charge in [-0.15, -0.1) is 5.10 Å². The molecule has 1 aromatic heterocycles. The summed E-state index contributed by atoms with van der Waals surface area (Å²) in [5, 5.41) is 20.8. The molecule has 168 valence electrons. The molecule has 7 heteroatoms. The molecule has 0 radical (unpaired) electrons. The summed E-state index contributed by atoms with van der Waals surface area (Å²) >= 11 is 0. The number of benzene rings is 3. The highest BCUT2D eigenvalue weighted by atomic mass is 16.5. The van der Waals surface area contributed by atoms with E-state index in [1.165, 1.54) is 4.68 Å². The molecule has 0 aliphatic rings. The normalized spacial score (nSPS) is 12.0. The van der Waals surface area contributed by atoms with Gasteiger partial charge in [-0.3, -0.25) is 4.79 Å². The number of para-hydroxylation sites is 2. The lowest BCUT2D eigenvalue weighted by molar-refractivity contribution is -0.119. The van der Waals surface area contributed by atoms with Gasteiger partial charge in [-0.1, -0.05) is 71.9 Å². The van der Waals surface area contributed by atoms with Crippen LogP contribution in [-0.4, -0.2) is 28.0 Å². The van der Waals surface area contributed by atoms with Gasteiger partial charge in [0.05, 0.1) is 30.6 Å². The molecule has 0 saturated carbocycles. The highest BCUT2D eigenvalue weighted by Crippen LogP contribution is 2.25. The number of carbonyl (C=O) groups excluding carboxylic acids is 1. The highest BCUT2D eigenvalue weighted by Gasteiger charge is 2.18. The van der Waals surface area contributed by atoms with Gasteiger partial charge in [0.1, 0.15) is 17.5 Å². The predicted molar refractivity (Wildman–Crippen MR) is 132 cm³/mol. The number of aromatic nitrogens is 3. The molecule has 1 atom stereocenters. The lowest BCUT2D eigenvalue weighted by atomic mass is 10.0. The summed E-state index contributed by atoms with van der Waals surface area (Å²) in [4.78, 5) is 12.7. The second-order valence-corrected chi connectivity index (χ2v) is 7.61. The van der Waals surface area contributed by atoms with Gasteiger partial charge in [0.15, 0.2) is 0 Å². The van der Waals surface area contributed by atoms with Crippen molar-refractivity contribution in [2.45, 2.75) is 13.0 Å². The van der Waals surface area contributed by atoms with Crippen molar-refractivity contribution in [3.05, 3.63) is 96.2 Å². The van der Waals surface area contributed by atoms with Crippen molar-refractivity contribution in [2.24, 2.45) is 0 Å². The van der Waals surface area contributed by atoms with E-state index in [0.717, 1.165) is 16.7 Å². The Morgan fingerprint density at radius 2 is 1.76 bits per heavy atom. The maximum atomic E-state index is 12.7. The van der Waals surface area contributed by atoms with Crippen LogP contribution in [-0.2, 0) is 4.79 Å². The lowest BCUT2D eigenvalue weighted by Gasteiger charge is -2.14. The van der Waals surface area contributed by atoms with Crippen LogP contribution in [0.25, 0.3) is 22.9 Å². The first-order valence-corrected chi connectivity index (χ1v) is 10.7. The number of nitrogens with zero attached hydrogens (tertiary/aromatic N) is 4. The first-order chi connectivity index (χ1) is 16.6. The zero-order valence-electron chi connectivity index (χ0n) is 18.8. The van der Waals surface area contributed by atoms with Gasteiger partial charge >= 0.3 is 0 Å². The van der Waals surface area contributed by atoms with Crippen LogP contribution >= 0.6 is 0 Å². The molecule has 4 rings (SSSR count). The molecule has 1 amide bonds. The number of hydrogen-bond donors (Lipinski definition) is 1. The van der Waals surface area contributed by atoms with Crippen molar-refractivity contribution in [3.8, 4) is 23.1 Å². The molecule has 0 saturated heterocycles. The van der Waals surface area contributed by atoms with Crippen molar-refractivity contribution in [2.75, 3.05) is 12.4 Å². The van der Waals surface area contributed by atoms with Gasteiger partial charge in [-0.2, -0.15) is 5.26 Å². The van der Waals surface area contributed by atoms with E-state index in [4.69, 9.17) is 4.74 Å². The minimum atomic E-state index is -0.579. The summed E-state index contributed by atoms with van der Waals surface area (Å²) in [6, 6.07) is 26.2. The quantitative estimate of drug-likeness (QED) is 0.309. The van der Waals surface area contributed by atoms with Crippen LogP contribution in [0.15, 0.2) is 85.1 Å². The largest absolute Gasteiger partial charge is 0.495 e. The Balaban J connectivity index is 1.49. The number of anilines is 1. The third kappa shape index (κ3) is 5.03. The van der Waals surface area contributed by atoms with Crippen LogP contribution in [0.4, 0.5) is 5.69 Å². The van der Waals surface area contributed by atoms with Gasteiger partial charge in [0.2, 0.25) is 5.91 Å². The van der Waals surface area contributed by atoms with Gasteiger partial charge in [0.25, 0.3) is 0 Å². The van der Waals surface area contributed by atoms with Crippen molar-refractivity contribution < 1.29 is 9.53 Å². The molecular formula is C27H23N5O2. The van der Waals surface area contributed by atoms with Crippen molar-refractivity contribution in [3.63, 3.8) is 0 Å². The first kappa shape index (κ1) is 22.5. The van der Waals surface area contributed by atoms with E-state index >= 15 is 0 Å². The molecule has 0 spiro atoms. The SMILES string of the molecule is COc1ccccc1NC(=O)C(C)n1cc(-c2ccc(/C(C#N)=C/c3ccccc3)cc2)nn1. The number of allylic oxidation sites excluding steroid dienone is 1. The summed E-state index contributed by atoms with van der Waals surface area (Å²) in [7, 11) is 1.56. The Morgan fingerprint density at radius 1 is 1.06 bits per heavy atom. The van der Waals surface area contributed by atoms with Crippen molar-refractivity contribution in [1.29, 1.82) is 5.26 Å². The number of nitrogens with one attached hydrogen (secondary N) is 1. The predicted octanol–water partition coefficient (Wildman–Crippen LogP) is 5.22. The fourth-order valence-electron chi connectivity index (χ4n) is 3.42. The van der Waals surface area contributed by atoms with Crippen LogP contribution in [0.5, 0.6) is 5.75 Å².